The Morgan fingerprint density at radius 3 is 3.00 bits per heavy atom. The first-order valence-electron chi connectivity index (χ1n) is 4.76. The van der Waals surface area contributed by atoms with E-state index in [0.29, 0.717) is 5.92 Å². The first-order chi connectivity index (χ1) is 6.74. The number of fused-ring (bicyclic) bond motifs is 1. The van der Waals surface area contributed by atoms with Gasteiger partial charge in [-0.2, -0.15) is 5.10 Å². The van der Waals surface area contributed by atoms with Crippen molar-refractivity contribution < 1.29 is 0 Å². The molecule has 1 saturated carbocycles. The fourth-order valence-corrected chi connectivity index (χ4v) is 2.22. The van der Waals surface area contributed by atoms with Gasteiger partial charge in [-0.25, -0.2) is 9.50 Å². The highest BCUT2D eigenvalue weighted by atomic mass is 79.9. The molecule has 2 aromatic heterocycles. The average Bonchev–Trinajstić information content (AvgIpc) is 2.87. The molecule has 0 radical (unpaired) electrons. The molecule has 1 fully saturated rings. The van der Waals surface area contributed by atoms with E-state index in [1.54, 1.807) is 0 Å². The third-order valence-electron chi connectivity index (χ3n) is 2.55. The van der Waals surface area contributed by atoms with Gasteiger partial charge in [0.25, 0.3) is 0 Å². The second-order valence-corrected chi connectivity index (χ2v) is 4.73. The van der Waals surface area contributed by atoms with Gasteiger partial charge in [0.05, 0.1) is 0 Å². The lowest BCUT2D eigenvalue weighted by Gasteiger charge is -2.01. The van der Waals surface area contributed by atoms with Gasteiger partial charge in [0.2, 0.25) is 0 Å². The van der Waals surface area contributed by atoms with E-state index < -0.39 is 0 Å². The van der Waals surface area contributed by atoms with Crippen LogP contribution in [0.2, 0.25) is 0 Å². The number of nitrogens with zero attached hydrogens (tertiary/aromatic N) is 3. The fraction of sp³-hybridized carbons (Fsp3) is 0.400. The number of hydrogen-bond acceptors (Lipinski definition) is 2. The van der Waals surface area contributed by atoms with Crippen molar-refractivity contribution in [3.05, 3.63) is 28.1 Å². The molecule has 1 aliphatic rings. The predicted octanol–water partition coefficient (Wildman–Crippen LogP) is 2.68. The maximum atomic E-state index is 4.45. The van der Waals surface area contributed by atoms with Crippen molar-refractivity contribution in [2.45, 2.75) is 25.7 Å². The standard InChI is InChI=1S/C10H10BrN3/c1-6-12-10-9(7-2-3-7)4-8(11)5-14(10)13-6/h4-5,7H,2-3H2,1H3. The first-order valence-corrected chi connectivity index (χ1v) is 5.56. The Morgan fingerprint density at radius 1 is 1.50 bits per heavy atom. The summed E-state index contributed by atoms with van der Waals surface area (Å²) in [5.74, 6) is 1.55. The topological polar surface area (TPSA) is 30.2 Å². The van der Waals surface area contributed by atoms with Crippen LogP contribution in [0.3, 0.4) is 0 Å². The summed E-state index contributed by atoms with van der Waals surface area (Å²) in [5.41, 5.74) is 2.35. The molecular formula is C10H10BrN3. The molecule has 3 nitrogen and oxygen atoms in total. The van der Waals surface area contributed by atoms with Crippen LogP contribution in [0.5, 0.6) is 0 Å². The van der Waals surface area contributed by atoms with Crippen molar-refractivity contribution >= 4 is 21.6 Å². The zero-order valence-corrected chi connectivity index (χ0v) is 9.45. The molecule has 0 unspecified atom stereocenters. The molecule has 0 aromatic carbocycles. The maximum absolute atomic E-state index is 4.45. The number of aryl methyl sites for hydroxylation is 1. The molecule has 3 rings (SSSR count). The van der Waals surface area contributed by atoms with Crippen molar-refractivity contribution in [2.75, 3.05) is 0 Å². The molecule has 0 bridgehead atoms. The van der Waals surface area contributed by atoms with Crippen molar-refractivity contribution in [2.24, 2.45) is 0 Å². The summed E-state index contributed by atoms with van der Waals surface area (Å²) in [4.78, 5) is 4.45. The molecule has 0 N–H and O–H groups in total. The summed E-state index contributed by atoms with van der Waals surface area (Å²) in [6.45, 7) is 1.93. The Hall–Kier alpha value is -0.900. The smallest absolute Gasteiger partial charge is 0.159 e. The molecule has 4 heteroatoms. The van der Waals surface area contributed by atoms with Crippen molar-refractivity contribution in [3.8, 4) is 0 Å². The van der Waals surface area contributed by atoms with Crippen LogP contribution in [0, 0.1) is 6.92 Å². The summed E-state index contributed by atoms with van der Waals surface area (Å²) < 4.78 is 2.95. The normalized spacial score (nSPS) is 16.4. The maximum Gasteiger partial charge on any atom is 0.159 e. The number of rotatable bonds is 1. The lowest BCUT2D eigenvalue weighted by Crippen LogP contribution is -1.92. The monoisotopic (exact) mass is 251 g/mol. The van der Waals surface area contributed by atoms with E-state index in [1.165, 1.54) is 18.4 Å². The Balaban J connectivity index is 2.33. The van der Waals surface area contributed by atoms with Crippen molar-refractivity contribution in [1.29, 1.82) is 0 Å². The molecule has 0 saturated heterocycles. The first kappa shape index (κ1) is 8.41. The summed E-state index contributed by atoms with van der Waals surface area (Å²) in [6, 6.07) is 2.17. The third kappa shape index (κ3) is 1.25. The van der Waals surface area contributed by atoms with Crippen LogP contribution in [0.25, 0.3) is 5.65 Å². The highest BCUT2D eigenvalue weighted by Crippen LogP contribution is 2.42. The molecule has 14 heavy (non-hydrogen) atoms. The molecule has 0 spiro atoms. The van der Waals surface area contributed by atoms with Gasteiger partial charge in [0.1, 0.15) is 5.82 Å². The quantitative estimate of drug-likeness (QED) is 0.781. The molecular weight excluding hydrogens is 242 g/mol. The minimum absolute atomic E-state index is 0.707. The third-order valence-corrected chi connectivity index (χ3v) is 2.99. The molecule has 0 amide bonds. The predicted molar refractivity (Wildman–Crippen MR) is 57.4 cm³/mol. The minimum atomic E-state index is 0.707. The lowest BCUT2D eigenvalue weighted by atomic mass is 10.2. The van der Waals surface area contributed by atoms with Gasteiger partial charge in [0.15, 0.2) is 5.65 Å². The van der Waals surface area contributed by atoms with Crippen LogP contribution in [0.15, 0.2) is 16.7 Å². The molecule has 2 heterocycles. The Labute approximate surface area is 90.3 Å². The van der Waals surface area contributed by atoms with Crippen molar-refractivity contribution in [1.82, 2.24) is 14.6 Å². The van der Waals surface area contributed by atoms with Gasteiger partial charge in [0, 0.05) is 16.2 Å². The van der Waals surface area contributed by atoms with Crippen LogP contribution in [0.4, 0.5) is 0 Å². The summed E-state index contributed by atoms with van der Waals surface area (Å²) in [7, 11) is 0. The Morgan fingerprint density at radius 2 is 2.29 bits per heavy atom. The number of halogens is 1. The van der Waals surface area contributed by atoms with Gasteiger partial charge >= 0.3 is 0 Å². The second-order valence-electron chi connectivity index (χ2n) is 3.82. The molecule has 0 aliphatic heterocycles. The van der Waals surface area contributed by atoms with E-state index in [2.05, 4.69) is 32.1 Å². The largest absolute Gasteiger partial charge is 0.219 e. The second kappa shape index (κ2) is 2.79. The van der Waals surface area contributed by atoms with E-state index in [9.17, 15) is 0 Å². The summed E-state index contributed by atoms with van der Waals surface area (Å²) in [5, 5.41) is 4.32. The Kier molecular flexibility index (Phi) is 1.68. The molecule has 2 aromatic rings. The van der Waals surface area contributed by atoms with Crippen molar-refractivity contribution in [3.63, 3.8) is 0 Å². The van der Waals surface area contributed by atoms with Gasteiger partial charge in [-0.15, -0.1) is 0 Å². The van der Waals surface area contributed by atoms with Crippen LogP contribution in [-0.4, -0.2) is 14.6 Å². The van der Waals surface area contributed by atoms with E-state index in [1.807, 2.05) is 17.6 Å². The van der Waals surface area contributed by atoms with E-state index in [0.717, 1.165) is 15.9 Å². The van der Waals surface area contributed by atoms with Gasteiger partial charge in [-0.1, -0.05) is 0 Å². The van der Waals surface area contributed by atoms with Crippen LogP contribution in [-0.2, 0) is 0 Å². The SMILES string of the molecule is Cc1nc2c(C3CC3)cc(Br)cn2n1. The fourth-order valence-electron chi connectivity index (χ4n) is 1.78. The zero-order valence-electron chi connectivity index (χ0n) is 7.87. The number of hydrogen-bond donors (Lipinski definition) is 0. The van der Waals surface area contributed by atoms with Gasteiger partial charge in [-0.3, -0.25) is 0 Å². The lowest BCUT2D eigenvalue weighted by molar-refractivity contribution is 0.916. The summed E-state index contributed by atoms with van der Waals surface area (Å²) in [6.07, 6.45) is 4.54. The molecule has 72 valence electrons. The zero-order chi connectivity index (χ0) is 9.71. The number of aromatic nitrogens is 3. The highest BCUT2D eigenvalue weighted by Gasteiger charge is 2.27. The molecule has 0 atom stereocenters. The summed E-state index contributed by atoms with van der Waals surface area (Å²) >= 11 is 3.50. The number of pyridine rings is 1. The van der Waals surface area contributed by atoms with Crippen LogP contribution < -0.4 is 0 Å². The van der Waals surface area contributed by atoms with Crippen LogP contribution in [0.1, 0.15) is 30.1 Å². The van der Waals surface area contributed by atoms with Gasteiger partial charge < -0.3 is 0 Å². The Bertz CT molecular complexity index is 499. The van der Waals surface area contributed by atoms with Gasteiger partial charge in [-0.05, 0) is 47.7 Å². The highest BCUT2D eigenvalue weighted by molar-refractivity contribution is 9.10. The average molecular weight is 252 g/mol. The van der Waals surface area contributed by atoms with E-state index >= 15 is 0 Å². The van der Waals surface area contributed by atoms with E-state index in [-0.39, 0.29) is 0 Å². The van der Waals surface area contributed by atoms with E-state index in [4.69, 9.17) is 0 Å². The molecule has 1 aliphatic carbocycles. The minimum Gasteiger partial charge on any atom is -0.219 e. The van der Waals surface area contributed by atoms with Crippen LogP contribution >= 0.6 is 15.9 Å².